The van der Waals surface area contributed by atoms with Crippen molar-refractivity contribution in [3.63, 3.8) is 0 Å². The first-order valence-corrected chi connectivity index (χ1v) is 11.5. The van der Waals surface area contributed by atoms with Gasteiger partial charge < -0.3 is 0 Å². The van der Waals surface area contributed by atoms with Gasteiger partial charge >= 0.3 is 0 Å². The van der Waals surface area contributed by atoms with Crippen molar-refractivity contribution in [2.75, 3.05) is 32.7 Å². The van der Waals surface area contributed by atoms with Gasteiger partial charge in [-0.3, -0.25) is 9.69 Å². The van der Waals surface area contributed by atoms with Crippen LogP contribution in [0.2, 0.25) is 0 Å². The lowest BCUT2D eigenvalue weighted by Gasteiger charge is -2.33. The molecule has 0 aliphatic carbocycles. The molecule has 0 unspecified atom stereocenters. The minimum Gasteiger partial charge on any atom is -0.292 e. The maximum atomic E-state index is 12.7. The second-order valence-corrected chi connectivity index (χ2v) is 9.59. The summed E-state index contributed by atoms with van der Waals surface area (Å²) in [5.74, 6) is -0.218. The molecule has 1 saturated heterocycles. The van der Waals surface area contributed by atoms with E-state index in [1.807, 2.05) is 42.2 Å². The number of benzene rings is 2. The summed E-state index contributed by atoms with van der Waals surface area (Å²) in [6, 6.07) is 16.2. The third-order valence-electron chi connectivity index (χ3n) is 4.69. The standard InChI is InChI=1S/C20H23BrN4O3S/c1-16(17-5-3-2-4-6-17)22-23-20(26)15-24-11-13-25(14-12-24)29(27,28)19-9-7-18(21)8-10-19/h2-10H,11-15H2,1H3,(H,23,26)/b22-16+. The van der Waals surface area contributed by atoms with E-state index >= 15 is 0 Å². The Hall–Kier alpha value is -2.07. The number of nitrogens with one attached hydrogen (secondary N) is 1. The summed E-state index contributed by atoms with van der Waals surface area (Å²) < 4.78 is 27.8. The van der Waals surface area contributed by atoms with Gasteiger partial charge in [-0.1, -0.05) is 46.3 Å². The molecule has 0 radical (unpaired) electrons. The highest BCUT2D eigenvalue weighted by molar-refractivity contribution is 9.10. The van der Waals surface area contributed by atoms with Gasteiger partial charge in [0.15, 0.2) is 0 Å². The summed E-state index contributed by atoms with van der Waals surface area (Å²) in [5.41, 5.74) is 4.24. The lowest BCUT2D eigenvalue weighted by atomic mass is 10.1. The fourth-order valence-corrected chi connectivity index (χ4v) is 4.70. The molecule has 0 aromatic heterocycles. The van der Waals surface area contributed by atoms with Crippen LogP contribution in [0.5, 0.6) is 0 Å². The predicted molar refractivity (Wildman–Crippen MR) is 116 cm³/mol. The van der Waals surface area contributed by atoms with E-state index in [-0.39, 0.29) is 17.3 Å². The SMILES string of the molecule is C/C(=N\NC(=O)CN1CCN(S(=O)(=O)c2ccc(Br)cc2)CC1)c1ccccc1. The van der Waals surface area contributed by atoms with Gasteiger partial charge in [-0.05, 0) is 36.8 Å². The Morgan fingerprint density at radius 3 is 2.28 bits per heavy atom. The van der Waals surface area contributed by atoms with Crippen molar-refractivity contribution in [2.45, 2.75) is 11.8 Å². The summed E-state index contributed by atoms with van der Waals surface area (Å²) in [5, 5.41) is 4.14. The van der Waals surface area contributed by atoms with Crippen LogP contribution in [-0.2, 0) is 14.8 Å². The van der Waals surface area contributed by atoms with E-state index in [4.69, 9.17) is 0 Å². The first kappa shape index (κ1) is 21.6. The molecule has 7 nitrogen and oxygen atoms in total. The molecule has 154 valence electrons. The highest BCUT2D eigenvalue weighted by atomic mass is 79.9. The molecule has 1 N–H and O–H groups in total. The molecule has 2 aromatic carbocycles. The number of piperazine rings is 1. The Morgan fingerprint density at radius 2 is 1.66 bits per heavy atom. The quantitative estimate of drug-likeness (QED) is 0.509. The average Bonchev–Trinajstić information content (AvgIpc) is 2.73. The molecule has 0 saturated carbocycles. The molecule has 1 heterocycles. The number of rotatable bonds is 6. The van der Waals surface area contributed by atoms with Gasteiger partial charge in [0.1, 0.15) is 0 Å². The van der Waals surface area contributed by atoms with Gasteiger partial charge in [0.2, 0.25) is 10.0 Å². The van der Waals surface area contributed by atoms with Crippen molar-refractivity contribution < 1.29 is 13.2 Å². The van der Waals surface area contributed by atoms with Crippen LogP contribution >= 0.6 is 15.9 Å². The topological polar surface area (TPSA) is 82.1 Å². The van der Waals surface area contributed by atoms with E-state index in [1.165, 1.54) is 4.31 Å². The number of sulfonamides is 1. The molecule has 29 heavy (non-hydrogen) atoms. The summed E-state index contributed by atoms with van der Waals surface area (Å²) in [4.78, 5) is 14.4. The third-order valence-corrected chi connectivity index (χ3v) is 7.13. The van der Waals surface area contributed by atoms with Gasteiger partial charge in [0.25, 0.3) is 5.91 Å². The van der Waals surface area contributed by atoms with Crippen molar-refractivity contribution >= 4 is 37.6 Å². The molecule has 3 rings (SSSR count). The number of hydrogen-bond acceptors (Lipinski definition) is 5. The van der Waals surface area contributed by atoms with Crippen molar-refractivity contribution in [1.82, 2.24) is 14.6 Å². The maximum Gasteiger partial charge on any atom is 0.254 e. The highest BCUT2D eigenvalue weighted by Crippen LogP contribution is 2.20. The Bertz CT molecular complexity index is 971. The first-order valence-electron chi connectivity index (χ1n) is 9.23. The number of hydrogen-bond donors (Lipinski definition) is 1. The summed E-state index contributed by atoms with van der Waals surface area (Å²) in [6.07, 6.45) is 0. The van der Waals surface area contributed by atoms with Crippen molar-refractivity contribution in [2.24, 2.45) is 5.10 Å². The van der Waals surface area contributed by atoms with Crippen molar-refractivity contribution in [3.8, 4) is 0 Å². The van der Waals surface area contributed by atoms with E-state index in [0.29, 0.717) is 26.2 Å². The molecule has 1 aliphatic heterocycles. The maximum absolute atomic E-state index is 12.7. The number of nitrogens with zero attached hydrogens (tertiary/aromatic N) is 3. The second-order valence-electron chi connectivity index (χ2n) is 6.73. The number of carbonyl (C=O) groups excluding carboxylic acids is 1. The normalized spacial score (nSPS) is 16.6. The zero-order chi connectivity index (χ0) is 20.9. The fraction of sp³-hybridized carbons (Fsp3) is 0.300. The smallest absolute Gasteiger partial charge is 0.254 e. The first-order chi connectivity index (χ1) is 13.9. The van der Waals surface area contributed by atoms with E-state index in [9.17, 15) is 13.2 Å². The van der Waals surface area contributed by atoms with Crippen LogP contribution in [0.1, 0.15) is 12.5 Å². The number of hydrazone groups is 1. The van der Waals surface area contributed by atoms with E-state index in [1.54, 1.807) is 24.3 Å². The average molecular weight is 479 g/mol. The van der Waals surface area contributed by atoms with Gasteiger partial charge in [0, 0.05) is 30.7 Å². The van der Waals surface area contributed by atoms with Gasteiger partial charge in [-0.2, -0.15) is 9.41 Å². The molecule has 0 bridgehead atoms. The van der Waals surface area contributed by atoms with Gasteiger partial charge in [-0.15, -0.1) is 0 Å². The third kappa shape index (κ3) is 5.72. The van der Waals surface area contributed by atoms with Crippen LogP contribution in [0.3, 0.4) is 0 Å². The highest BCUT2D eigenvalue weighted by Gasteiger charge is 2.28. The Morgan fingerprint density at radius 1 is 1.03 bits per heavy atom. The minimum atomic E-state index is -3.52. The van der Waals surface area contributed by atoms with E-state index in [2.05, 4.69) is 26.5 Å². The molecular formula is C20H23BrN4O3S. The lowest BCUT2D eigenvalue weighted by molar-refractivity contribution is -0.122. The van der Waals surface area contributed by atoms with Crippen LogP contribution in [0.15, 0.2) is 69.1 Å². The number of amides is 1. The summed E-state index contributed by atoms with van der Waals surface area (Å²) >= 11 is 3.31. The molecule has 1 amide bonds. The van der Waals surface area contributed by atoms with Crippen LogP contribution in [0.25, 0.3) is 0 Å². The van der Waals surface area contributed by atoms with Crippen LogP contribution in [0.4, 0.5) is 0 Å². The van der Waals surface area contributed by atoms with E-state index in [0.717, 1.165) is 15.7 Å². The van der Waals surface area contributed by atoms with E-state index < -0.39 is 10.0 Å². The molecule has 0 spiro atoms. The molecule has 1 aliphatic rings. The van der Waals surface area contributed by atoms with Gasteiger partial charge in [-0.25, -0.2) is 13.8 Å². The Balaban J connectivity index is 1.50. The second kappa shape index (κ2) is 9.62. The van der Waals surface area contributed by atoms with Crippen molar-refractivity contribution in [1.29, 1.82) is 0 Å². The van der Waals surface area contributed by atoms with Gasteiger partial charge in [0.05, 0.1) is 17.2 Å². The molecular weight excluding hydrogens is 456 g/mol. The zero-order valence-electron chi connectivity index (χ0n) is 16.1. The molecule has 2 aromatic rings. The summed E-state index contributed by atoms with van der Waals surface area (Å²) in [7, 11) is -3.52. The number of carbonyl (C=O) groups is 1. The van der Waals surface area contributed by atoms with Crippen LogP contribution < -0.4 is 5.43 Å². The molecule has 0 atom stereocenters. The lowest BCUT2D eigenvalue weighted by Crippen LogP contribution is -2.50. The zero-order valence-corrected chi connectivity index (χ0v) is 18.5. The molecule has 1 fully saturated rings. The minimum absolute atomic E-state index is 0.178. The fourth-order valence-electron chi connectivity index (χ4n) is 3.01. The number of halogens is 1. The van der Waals surface area contributed by atoms with Crippen LogP contribution in [-0.4, -0.2) is 62.0 Å². The Labute approximate surface area is 179 Å². The largest absolute Gasteiger partial charge is 0.292 e. The predicted octanol–water partition coefficient (Wildman–Crippen LogP) is 2.30. The summed E-state index contributed by atoms with van der Waals surface area (Å²) in [6.45, 7) is 3.68. The van der Waals surface area contributed by atoms with Crippen LogP contribution in [0, 0.1) is 0 Å². The Kier molecular flexibility index (Phi) is 7.18. The monoisotopic (exact) mass is 478 g/mol. The van der Waals surface area contributed by atoms with Crippen molar-refractivity contribution in [3.05, 3.63) is 64.6 Å². The molecule has 9 heteroatoms.